The van der Waals surface area contributed by atoms with Crippen molar-refractivity contribution in [2.75, 3.05) is 7.05 Å². The molecule has 0 aromatic heterocycles. The maximum Gasteiger partial charge on any atom is 0.343 e. The molecule has 66 valence electrons. The molecule has 1 aliphatic heterocycles. The van der Waals surface area contributed by atoms with Crippen molar-refractivity contribution in [2.45, 2.75) is 0 Å². The summed E-state index contributed by atoms with van der Waals surface area (Å²) in [6, 6.07) is 0. The highest BCUT2D eigenvalue weighted by atomic mass is 32.2. The van der Waals surface area contributed by atoms with Gasteiger partial charge in [0.25, 0.3) is 0 Å². The first-order chi connectivity index (χ1) is 5.43. The van der Waals surface area contributed by atoms with Gasteiger partial charge in [-0.2, -0.15) is 12.8 Å². The van der Waals surface area contributed by atoms with Crippen molar-refractivity contribution < 1.29 is 18.3 Å². The Kier molecular flexibility index (Phi) is 1.89. The second kappa shape index (κ2) is 2.59. The minimum atomic E-state index is -3.66. The van der Waals surface area contributed by atoms with Crippen LogP contribution in [-0.4, -0.2) is 37.1 Å². The van der Waals surface area contributed by atoms with E-state index in [0.29, 0.717) is 0 Å². The summed E-state index contributed by atoms with van der Waals surface area (Å²) in [4.78, 5) is 10.3. The number of carbonyl (C=O) groups is 1. The van der Waals surface area contributed by atoms with Crippen LogP contribution in [0.15, 0.2) is 16.2 Å². The van der Waals surface area contributed by atoms with E-state index in [1.807, 2.05) is 0 Å². The minimum absolute atomic E-state index is 0.160. The van der Waals surface area contributed by atoms with Gasteiger partial charge in [0.2, 0.25) is 0 Å². The SMILES string of the molecule is CN1C=C(C(=O)O)C=NS1(=O)=O. The average molecular weight is 190 g/mol. The van der Waals surface area contributed by atoms with E-state index in [2.05, 4.69) is 4.40 Å². The summed E-state index contributed by atoms with van der Waals surface area (Å²) in [6.07, 6.45) is 1.79. The Hall–Kier alpha value is -1.37. The van der Waals surface area contributed by atoms with Crippen LogP contribution >= 0.6 is 0 Å². The van der Waals surface area contributed by atoms with Gasteiger partial charge in [0, 0.05) is 13.2 Å². The van der Waals surface area contributed by atoms with Gasteiger partial charge in [-0.25, -0.2) is 4.79 Å². The van der Waals surface area contributed by atoms with Gasteiger partial charge in [0.15, 0.2) is 0 Å². The zero-order chi connectivity index (χ0) is 9.35. The van der Waals surface area contributed by atoms with E-state index in [0.717, 1.165) is 16.7 Å². The predicted molar refractivity (Wildman–Crippen MR) is 40.9 cm³/mol. The van der Waals surface area contributed by atoms with E-state index >= 15 is 0 Å². The van der Waals surface area contributed by atoms with Crippen LogP contribution in [0, 0.1) is 0 Å². The molecule has 0 spiro atoms. The Morgan fingerprint density at radius 2 is 2.25 bits per heavy atom. The van der Waals surface area contributed by atoms with E-state index in [1.54, 1.807) is 0 Å². The summed E-state index contributed by atoms with van der Waals surface area (Å²) in [6.45, 7) is 0. The Morgan fingerprint density at radius 1 is 1.67 bits per heavy atom. The van der Waals surface area contributed by atoms with E-state index < -0.39 is 16.2 Å². The number of nitrogens with zero attached hydrogens (tertiary/aromatic N) is 2. The van der Waals surface area contributed by atoms with Crippen molar-refractivity contribution in [1.82, 2.24) is 4.31 Å². The number of hydrogen-bond acceptors (Lipinski definition) is 3. The first-order valence-electron chi connectivity index (χ1n) is 2.92. The molecule has 0 aliphatic carbocycles. The Labute approximate surface area is 69.0 Å². The highest BCUT2D eigenvalue weighted by Crippen LogP contribution is 2.08. The fourth-order valence-electron chi connectivity index (χ4n) is 0.604. The Bertz CT molecular complexity index is 367. The van der Waals surface area contributed by atoms with E-state index in [-0.39, 0.29) is 5.57 Å². The van der Waals surface area contributed by atoms with Crippen LogP contribution in [-0.2, 0) is 15.0 Å². The number of carboxylic acid groups (broad SMARTS) is 1. The molecule has 0 bridgehead atoms. The molecule has 1 N–H and O–H groups in total. The number of carboxylic acids is 1. The Balaban J connectivity index is 3.07. The molecule has 1 rings (SSSR count). The first-order valence-corrected chi connectivity index (χ1v) is 4.31. The van der Waals surface area contributed by atoms with Crippen LogP contribution < -0.4 is 0 Å². The van der Waals surface area contributed by atoms with Crippen LogP contribution in [0.1, 0.15) is 0 Å². The molecule has 6 nitrogen and oxygen atoms in total. The summed E-state index contributed by atoms with van der Waals surface area (Å²) in [5.74, 6) is -1.21. The van der Waals surface area contributed by atoms with Crippen LogP contribution in [0.25, 0.3) is 0 Å². The largest absolute Gasteiger partial charge is 0.478 e. The third-order valence-corrected chi connectivity index (χ3v) is 2.46. The summed E-state index contributed by atoms with van der Waals surface area (Å²) >= 11 is 0. The molecular formula is C5H6N2O4S. The van der Waals surface area contributed by atoms with Crippen molar-refractivity contribution in [3.8, 4) is 0 Å². The van der Waals surface area contributed by atoms with Gasteiger partial charge in [-0.3, -0.25) is 4.31 Å². The molecule has 0 saturated carbocycles. The molecule has 0 aromatic rings. The van der Waals surface area contributed by atoms with E-state index in [4.69, 9.17) is 5.11 Å². The van der Waals surface area contributed by atoms with Crippen LogP contribution in [0.5, 0.6) is 0 Å². The topological polar surface area (TPSA) is 87.0 Å². The molecule has 0 fully saturated rings. The molecule has 0 radical (unpaired) electrons. The highest BCUT2D eigenvalue weighted by Gasteiger charge is 2.19. The van der Waals surface area contributed by atoms with E-state index in [9.17, 15) is 13.2 Å². The standard InChI is InChI=1S/C5H6N2O4S/c1-7-3-4(5(8)9)2-6-12(7,10)11/h2-3H,1H3,(H,8,9). The lowest BCUT2D eigenvalue weighted by molar-refractivity contribution is -0.132. The quantitative estimate of drug-likeness (QED) is 0.587. The van der Waals surface area contributed by atoms with Crippen molar-refractivity contribution in [3.05, 3.63) is 11.8 Å². The molecule has 12 heavy (non-hydrogen) atoms. The molecule has 0 atom stereocenters. The van der Waals surface area contributed by atoms with Crippen molar-refractivity contribution >= 4 is 22.4 Å². The zero-order valence-corrected chi connectivity index (χ0v) is 6.95. The number of aliphatic carboxylic acids is 1. The monoisotopic (exact) mass is 190 g/mol. The molecular weight excluding hydrogens is 184 g/mol. The van der Waals surface area contributed by atoms with Crippen molar-refractivity contribution in [2.24, 2.45) is 4.40 Å². The molecule has 1 aliphatic rings. The lowest BCUT2D eigenvalue weighted by Crippen LogP contribution is -2.25. The molecule has 0 saturated heterocycles. The van der Waals surface area contributed by atoms with Crippen molar-refractivity contribution in [1.29, 1.82) is 0 Å². The molecule has 7 heteroatoms. The van der Waals surface area contributed by atoms with Crippen LogP contribution in [0.4, 0.5) is 0 Å². The third kappa shape index (κ3) is 1.45. The lowest BCUT2D eigenvalue weighted by atomic mass is 10.3. The summed E-state index contributed by atoms with van der Waals surface area (Å²) in [7, 11) is -2.45. The fourth-order valence-corrected chi connectivity index (χ4v) is 1.25. The lowest BCUT2D eigenvalue weighted by Gasteiger charge is -2.14. The third-order valence-electron chi connectivity index (χ3n) is 1.26. The summed E-state index contributed by atoms with van der Waals surface area (Å²) in [5, 5.41) is 8.45. The second-order valence-corrected chi connectivity index (χ2v) is 3.80. The average Bonchev–Trinajstić information content (AvgIpc) is 1.94. The second-order valence-electron chi connectivity index (χ2n) is 2.12. The highest BCUT2D eigenvalue weighted by molar-refractivity contribution is 7.88. The maximum absolute atomic E-state index is 10.8. The Morgan fingerprint density at radius 3 is 2.67 bits per heavy atom. The van der Waals surface area contributed by atoms with Gasteiger partial charge in [-0.15, -0.1) is 0 Å². The maximum atomic E-state index is 10.8. The normalized spacial score (nSPS) is 20.4. The van der Waals surface area contributed by atoms with E-state index in [1.165, 1.54) is 7.05 Å². The summed E-state index contributed by atoms with van der Waals surface area (Å²) in [5.41, 5.74) is -0.160. The minimum Gasteiger partial charge on any atom is -0.478 e. The number of rotatable bonds is 1. The predicted octanol–water partition coefficient (Wildman–Crippen LogP) is -0.784. The van der Waals surface area contributed by atoms with Gasteiger partial charge in [0.1, 0.15) is 0 Å². The fraction of sp³-hybridized carbons (Fsp3) is 0.200. The molecule has 1 heterocycles. The smallest absolute Gasteiger partial charge is 0.343 e. The van der Waals surface area contributed by atoms with Gasteiger partial charge >= 0.3 is 16.2 Å². The molecule has 0 unspecified atom stereocenters. The number of hydrogen-bond donors (Lipinski definition) is 1. The van der Waals surface area contributed by atoms with Gasteiger partial charge < -0.3 is 5.11 Å². The van der Waals surface area contributed by atoms with Gasteiger partial charge in [-0.05, 0) is 0 Å². The van der Waals surface area contributed by atoms with Gasteiger partial charge in [-0.1, -0.05) is 0 Å². The molecule has 0 aromatic carbocycles. The summed E-state index contributed by atoms with van der Waals surface area (Å²) < 4.78 is 25.5. The van der Waals surface area contributed by atoms with Crippen molar-refractivity contribution in [3.63, 3.8) is 0 Å². The zero-order valence-electron chi connectivity index (χ0n) is 6.13. The van der Waals surface area contributed by atoms with Crippen LogP contribution in [0.3, 0.4) is 0 Å². The van der Waals surface area contributed by atoms with Crippen LogP contribution in [0.2, 0.25) is 0 Å². The first kappa shape index (κ1) is 8.72. The van der Waals surface area contributed by atoms with Gasteiger partial charge in [0.05, 0.1) is 11.8 Å². The molecule has 0 amide bonds.